The van der Waals surface area contributed by atoms with Crippen molar-refractivity contribution in [3.8, 4) is 5.75 Å². The number of benzene rings is 1. The van der Waals surface area contributed by atoms with Crippen LogP contribution in [0.25, 0.3) is 0 Å². The van der Waals surface area contributed by atoms with Crippen LogP contribution in [-0.4, -0.2) is 65.6 Å². The summed E-state index contributed by atoms with van der Waals surface area (Å²) in [6.45, 7) is 6.29. The molecule has 2 aromatic rings. The van der Waals surface area contributed by atoms with Gasteiger partial charge in [0, 0.05) is 43.4 Å². The number of alkyl halides is 1. The zero-order valence-electron chi connectivity index (χ0n) is 22.5. The quantitative estimate of drug-likeness (QED) is 0.424. The minimum absolute atomic E-state index is 0.0104. The third-order valence-corrected chi connectivity index (χ3v) is 8.23. The molecule has 0 spiro atoms. The molecule has 2 unspecified atom stereocenters. The molecule has 0 bridgehead atoms. The highest BCUT2D eigenvalue weighted by molar-refractivity contribution is 5.76. The lowest BCUT2D eigenvalue weighted by molar-refractivity contribution is -0.143. The van der Waals surface area contributed by atoms with Gasteiger partial charge in [-0.15, -0.1) is 0 Å². The van der Waals surface area contributed by atoms with Crippen LogP contribution in [0.3, 0.4) is 0 Å². The third-order valence-electron chi connectivity index (χ3n) is 8.23. The average Bonchev–Trinajstić information content (AvgIpc) is 3.36. The molecule has 0 aliphatic carbocycles. The molecule has 3 atom stereocenters. The molecule has 3 aliphatic heterocycles. The average molecular weight is 526 g/mol. The zero-order chi connectivity index (χ0) is 26.7. The van der Waals surface area contributed by atoms with Crippen LogP contribution in [0.1, 0.15) is 68.0 Å². The Balaban J connectivity index is 1.14. The van der Waals surface area contributed by atoms with Crippen molar-refractivity contribution < 1.29 is 23.8 Å². The van der Waals surface area contributed by atoms with Crippen molar-refractivity contribution in [2.75, 3.05) is 38.2 Å². The third kappa shape index (κ3) is 6.12. The largest absolute Gasteiger partial charge is 0.493 e. The lowest BCUT2D eigenvalue weighted by Gasteiger charge is -2.35. The number of fused-ring (bicyclic) bond motifs is 2. The number of halogens is 1. The van der Waals surface area contributed by atoms with Gasteiger partial charge in [-0.1, -0.05) is 18.2 Å². The molecule has 0 amide bonds. The second-order valence-corrected chi connectivity index (χ2v) is 11.4. The number of carboxylic acids is 1. The minimum Gasteiger partial charge on any atom is -0.493 e. The predicted molar refractivity (Wildman–Crippen MR) is 145 cm³/mol. The Morgan fingerprint density at radius 1 is 1.32 bits per heavy atom. The first-order chi connectivity index (χ1) is 18.3. The molecule has 4 heterocycles. The van der Waals surface area contributed by atoms with E-state index in [1.165, 1.54) is 5.56 Å². The van der Waals surface area contributed by atoms with Crippen molar-refractivity contribution in [2.24, 2.45) is 5.92 Å². The number of pyridine rings is 1. The van der Waals surface area contributed by atoms with Crippen LogP contribution in [-0.2, 0) is 28.8 Å². The minimum atomic E-state index is -1.40. The highest BCUT2D eigenvalue weighted by Gasteiger charge is 2.39. The first-order valence-electron chi connectivity index (χ1n) is 14.0. The lowest BCUT2D eigenvalue weighted by atomic mass is 9.82. The highest BCUT2D eigenvalue weighted by atomic mass is 19.1. The molecule has 1 saturated heterocycles. The molecule has 7 nitrogen and oxygen atoms in total. The first kappa shape index (κ1) is 26.9. The number of aromatic nitrogens is 1. The van der Waals surface area contributed by atoms with Gasteiger partial charge in [-0.3, -0.25) is 9.69 Å². The van der Waals surface area contributed by atoms with E-state index in [9.17, 15) is 14.3 Å². The van der Waals surface area contributed by atoms with E-state index in [0.29, 0.717) is 44.0 Å². The monoisotopic (exact) mass is 525 g/mol. The summed E-state index contributed by atoms with van der Waals surface area (Å²) < 4.78 is 26.7. The molecule has 1 aromatic carbocycles. The van der Waals surface area contributed by atoms with Gasteiger partial charge in [0.25, 0.3) is 0 Å². The summed E-state index contributed by atoms with van der Waals surface area (Å²) >= 11 is 0. The molecule has 2 N–H and O–H groups in total. The standard InChI is InChI=1S/C30H40FN3O4/c1-30(2,31)21-17-25-24(9-5-10-26(25)38-19-21)27(29(35)36)34-15-13-23(18-34)37-16-4-3-8-22-12-11-20-7-6-14-32-28(20)33-22/h5,9-12,21,23,27H,3-4,6-8,13-19H2,1-2H3,(H,32,33)(H,35,36)/t21?,23-,27?/m1/s1. The topological polar surface area (TPSA) is 83.9 Å². The number of nitrogens with zero attached hydrogens (tertiary/aromatic N) is 2. The molecule has 206 valence electrons. The van der Waals surface area contributed by atoms with E-state index in [1.807, 2.05) is 23.1 Å². The number of hydrogen-bond donors (Lipinski definition) is 2. The number of aliphatic carboxylic acids is 1. The first-order valence-corrected chi connectivity index (χ1v) is 14.0. The number of ether oxygens (including phenoxy) is 2. The number of rotatable bonds is 10. The van der Waals surface area contributed by atoms with Gasteiger partial charge in [0.1, 0.15) is 23.3 Å². The van der Waals surface area contributed by atoms with Crippen molar-refractivity contribution in [1.82, 2.24) is 9.88 Å². The summed E-state index contributed by atoms with van der Waals surface area (Å²) in [5.74, 6) is 0.505. The SMILES string of the molecule is CC(C)(F)C1COc2cccc(C(C(=O)O)N3CC[C@@H](OCCCCc4ccc5c(n4)NCCC5)C3)c2C1. The molecule has 0 saturated carbocycles. The lowest BCUT2D eigenvalue weighted by Crippen LogP contribution is -2.38. The second-order valence-electron chi connectivity index (χ2n) is 11.4. The number of anilines is 1. The molecule has 3 aliphatic rings. The van der Waals surface area contributed by atoms with Gasteiger partial charge in [0.05, 0.1) is 12.7 Å². The fourth-order valence-electron chi connectivity index (χ4n) is 5.91. The fraction of sp³-hybridized carbons (Fsp3) is 0.600. The smallest absolute Gasteiger partial charge is 0.325 e. The van der Waals surface area contributed by atoms with Gasteiger partial charge in [0.15, 0.2) is 0 Å². The van der Waals surface area contributed by atoms with Gasteiger partial charge in [0.2, 0.25) is 0 Å². The molecule has 38 heavy (non-hydrogen) atoms. The van der Waals surface area contributed by atoms with Crippen LogP contribution >= 0.6 is 0 Å². The van der Waals surface area contributed by atoms with Crippen LogP contribution in [0.15, 0.2) is 30.3 Å². The maximum atomic E-state index is 14.7. The number of nitrogens with one attached hydrogen (secondary N) is 1. The van der Waals surface area contributed by atoms with Gasteiger partial charge < -0.3 is 19.9 Å². The van der Waals surface area contributed by atoms with Crippen molar-refractivity contribution in [2.45, 2.75) is 76.6 Å². The Kier molecular flexibility index (Phi) is 8.19. The number of aryl methyl sites for hydroxylation is 2. The fourth-order valence-corrected chi connectivity index (χ4v) is 5.91. The number of carboxylic acid groups (broad SMARTS) is 1. The number of likely N-dealkylation sites (tertiary alicyclic amines) is 1. The van der Waals surface area contributed by atoms with Crippen LogP contribution < -0.4 is 10.1 Å². The molecular formula is C30H40FN3O4. The second kappa shape index (κ2) is 11.6. The molecule has 8 heteroatoms. The molecule has 1 aromatic heterocycles. The normalized spacial score (nSPS) is 22.2. The van der Waals surface area contributed by atoms with Crippen LogP contribution in [0, 0.1) is 5.92 Å². The Morgan fingerprint density at radius 3 is 3.00 bits per heavy atom. The number of hydrogen-bond acceptors (Lipinski definition) is 6. The number of unbranched alkanes of at least 4 members (excludes halogenated alkanes) is 1. The predicted octanol–water partition coefficient (Wildman–Crippen LogP) is 4.98. The maximum Gasteiger partial charge on any atom is 0.325 e. The van der Waals surface area contributed by atoms with E-state index < -0.39 is 17.7 Å². The molecule has 0 radical (unpaired) electrons. The Bertz CT molecular complexity index is 1130. The van der Waals surface area contributed by atoms with Gasteiger partial charge in [-0.05, 0) is 82.1 Å². The van der Waals surface area contributed by atoms with Crippen molar-refractivity contribution in [3.63, 3.8) is 0 Å². The zero-order valence-corrected chi connectivity index (χ0v) is 22.5. The van der Waals surface area contributed by atoms with Gasteiger partial charge >= 0.3 is 5.97 Å². The van der Waals surface area contributed by atoms with Crippen molar-refractivity contribution >= 4 is 11.8 Å². The van der Waals surface area contributed by atoms with E-state index in [4.69, 9.17) is 14.5 Å². The van der Waals surface area contributed by atoms with Crippen molar-refractivity contribution in [3.05, 3.63) is 52.7 Å². The van der Waals surface area contributed by atoms with Gasteiger partial charge in [-0.25, -0.2) is 9.37 Å². The van der Waals surface area contributed by atoms with E-state index in [1.54, 1.807) is 13.8 Å². The summed E-state index contributed by atoms with van der Waals surface area (Å²) in [5.41, 5.74) is 2.54. The van der Waals surface area contributed by atoms with Crippen molar-refractivity contribution in [1.29, 1.82) is 0 Å². The van der Waals surface area contributed by atoms with E-state index in [2.05, 4.69) is 17.4 Å². The summed E-state index contributed by atoms with van der Waals surface area (Å²) in [5, 5.41) is 13.6. The Morgan fingerprint density at radius 2 is 2.18 bits per heavy atom. The maximum absolute atomic E-state index is 14.7. The van der Waals surface area contributed by atoms with Crippen LogP contribution in [0.5, 0.6) is 5.75 Å². The highest BCUT2D eigenvalue weighted by Crippen LogP contribution is 2.39. The molecule has 1 fully saturated rings. The van der Waals surface area contributed by atoms with E-state index in [-0.39, 0.29) is 12.0 Å². The van der Waals surface area contributed by atoms with E-state index in [0.717, 1.165) is 62.1 Å². The molecule has 5 rings (SSSR count). The van der Waals surface area contributed by atoms with Crippen LogP contribution in [0.4, 0.5) is 10.2 Å². The van der Waals surface area contributed by atoms with E-state index >= 15 is 0 Å². The summed E-state index contributed by atoms with van der Waals surface area (Å²) in [6.07, 6.45) is 6.41. The Hall–Kier alpha value is -2.71. The van der Waals surface area contributed by atoms with Crippen LogP contribution in [0.2, 0.25) is 0 Å². The Labute approximate surface area is 224 Å². The number of carbonyl (C=O) groups is 1. The molecular weight excluding hydrogens is 485 g/mol. The summed E-state index contributed by atoms with van der Waals surface area (Å²) in [4.78, 5) is 19.2. The summed E-state index contributed by atoms with van der Waals surface area (Å²) in [6, 6.07) is 9.08. The summed E-state index contributed by atoms with van der Waals surface area (Å²) in [7, 11) is 0. The van der Waals surface area contributed by atoms with Gasteiger partial charge in [-0.2, -0.15) is 0 Å².